The minimum atomic E-state index is -3.03. The number of carbonyl (C=O) groups excluding carboxylic acids is 2. The Kier molecular flexibility index (Phi) is 7.99. The topological polar surface area (TPSA) is 120 Å². The van der Waals surface area contributed by atoms with Crippen LogP contribution in [0.1, 0.15) is 89.0 Å². The molecule has 45 heavy (non-hydrogen) atoms. The monoisotopic (exact) mass is 618 g/mol. The third-order valence-corrected chi connectivity index (χ3v) is 8.12. The largest absolute Gasteiger partial charge is 0.326 e. The highest BCUT2D eigenvalue weighted by Gasteiger charge is 2.47. The van der Waals surface area contributed by atoms with Crippen LogP contribution in [0, 0.1) is 23.1 Å². The van der Waals surface area contributed by atoms with Crippen molar-refractivity contribution in [1.29, 1.82) is 5.26 Å². The lowest BCUT2D eigenvalue weighted by Gasteiger charge is -2.39. The molecule has 3 aliphatic rings. The van der Waals surface area contributed by atoms with Gasteiger partial charge in [0.2, 0.25) is 0 Å². The SMILES string of the molecule is CC(C)CNCc1cc(C(=O)Nc2cc(-c3c(F)cc(C#N)cc3C(=O)N3CC(F)(F)C3)cc(C3CC3)n2)c(=O)n(C2CC2)c1. The summed E-state index contributed by atoms with van der Waals surface area (Å²) in [7, 11) is 0. The molecule has 9 nitrogen and oxygen atoms in total. The Morgan fingerprint density at radius 3 is 2.44 bits per heavy atom. The fourth-order valence-electron chi connectivity index (χ4n) is 5.54. The highest BCUT2D eigenvalue weighted by atomic mass is 19.3. The number of halogens is 3. The number of alkyl halides is 2. The first-order chi connectivity index (χ1) is 21.4. The molecule has 1 aliphatic heterocycles. The van der Waals surface area contributed by atoms with Gasteiger partial charge in [-0.3, -0.25) is 14.4 Å². The van der Waals surface area contributed by atoms with Gasteiger partial charge in [-0.05, 0) is 79.6 Å². The van der Waals surface area contributed by atoms with Crippen LogP contribution in [0.2, 0.25) is 0 Å². The van der Waals surface area contributed by atoms with E-state index in [2.05, 4.69) is 29.5 Å². The molecular weight excluding hydrogens is 585 g/mol. The molecule has 1 saturated heterocycles. The number of likely N-dealkylation sites (tertiary alicyclic amines) is 1. The van der Waals surface area contributed by atoms with Crippen molar-refractivity contribution in [3.8, 4) is 17.2 Å². The molecule has 12 heteroatoms. The van der Waals surface area contributed by atoms with Crippen molar-refractivity contribution in [2.24, 2.45) is 5.92 Å². The summed E-state index contributed by atoms with van der Waals surface area (Å²) < 4.78 is 44.4. The fourth-order valence-corrected chi connectivity index (χ4v) is 5.54. The van der Waals surface area contributed by atoms with Crippen molar-refractivity contribution in [3.05, 3.63) is 80.6 Å². The van der Waals surface area contributed by atoms with Crippen LogP contribution in [-0.4, -0.2) is 51.8 Å². The van der Waals surface area contributed by atoms with Crippen molar-refractivity contribution in [1.82, 2.24) is 19.8 Å². The highest BCUT2D eigenvalue weighted by Crippen LogP contribution is 2.42. The number of nitrogens with one attached hydrogen (secondary N) is 2. The van der Waals surface area contributed by atoms with Gasteiger partial charge < -0.3 is 20.1 Å². The van der Waals surface area contributed by atoms with Crippen molar-refractivity contribution >= 4 is 17.6 Å². The minimum Gasteiger partial charge on any atom is -0.326 e. The number of nitriles is 1. The predicted octanol–water partition coefficient (Wildman–Crippen LogP) is 5.22. The Labute approximate surface area is 258 Å². The summed E-state index contributed by atoms with van der Waals surface area (Å²) >= 11 is 0. The van der Waals surface area contributed by atoms with Gasteiger partial charge in [0.05, 0.1) is 30.3 Å². The molecule has 0 atom stereocenters. The maximum Gasteiger partial charge on any atom is 0.282 e. The molecule has 0 spiro atoms. The lowest BCUT2D eigenvalue weighted by molar-refractivity contribution is -0.113. The number of hydrogen-bond donors (Lipinski definition) is 2. The molecule has 2 saturated carbocycles. The second-order valence-corrected chi connectivity index (χ2v) is 12.6. The first kappa shape index (κ1) is 30.5. The van der Waals surface area contributed by atoms with E-state index < -0.39 is 42.2 Å². The molecule has 1 aromatic carbocycles. The summed E-state index contributed by atoms with van der Waals surface area (Å²) in [5, 5.41) is 15.5. The summed E-state index contributed by atoms with van der Waals surface area (Å²) in [6, 6.07) is 8.58. The summed E-state index contributed by atoms with van der Waals surface area (Å²) in [4.78, 5) is 45.7. The zero-order valence-electron chi connectivity index (χ0n) is 25.0. The summed E-state index contributed by atoms with van der Waals surface area (Å²) in [6.45, 7) is 3.79. The third kappa shape index (κ3) is 6.63. The van der Waals surface area contributed by atoms with Crippen LogP contribution in [0.3, 0.4) is 0 Å². The van der Waals surface area contributed by atoms with E-state index in [9.17, 15) is 28.4 Å². The van der Waals surface area contributed by atoms with E-state index in [0.29, 0.717) is 18.2 Å². The first-order valence-corrected chi connectivity index (χ1v) is 15.1. The lowest BCUT2D eigenvalue weighted by Crippen LogP contribution is -2.58. The molecule has 2 aromatic heterocycles. The molecule has 2 N–H and O–H groups in total. The Bertz CT molecular complexity index is 1780. The molecular formula is C33H33F3N6O3. The van der Waals surface area contributed by atoms with Gasteiger partial charge in [0.1, 0.15) is 17.2 Å². The van der Waals surface area contributed by atoms with Crippen molar-refractivity contribution in [2.45, 2.75) is 64.0 Å². The molecule has 3 heterocycles. The van der Waals surface area contributed by atoms with E-state index in [-0.39, 0.29) is 45.6 Å². The van der Waals surface area contributed by atoms with Crippen LogP contribution in [0.25, 0.3) is 11.1 Å². The van der Waals surface area contributed by atoms with E-state index in [4.69, 9.17) is 0 Å². The predicted molar refractivity (Wildman–Crippen MR) is 161 cm³/mol. The van der Waals surface area contributed by atoms with E-state index >= 15 is 4.39 Å². The molecule has 2 amide bonds. The Morgan fingerprint density at radius 2 is 1.82 bits per heavy atom. The molecule has 0 radical (unpaired) electrons. The zero-order chi connectivity index (χ0) is 32.0. The second-order valence-electron chi connectivity index (χ2n) is 12.6. The second kappa shape index (κ2) is 11.8. The fraction of sp³-hybridized carbons (Fsp3) is 0.424. The summed E-state index contributed by atoms with van der Waals surface area (Å²) in [6.07, 6.45) is 5.14. The average Bonchev–Trinajstić information content (AvgIpc) is 3.89. The number of benzene rings is 1. The van der Waals surface area contributed by atoms with Gasteiger partial charge in [0.25, 0.3) is 23.3 Å². The lowest BCUT2D eigenvalue weighted by atomic mass is 9.94. The molecule has 3 fully saturated rings. The van der Waals surface area contributed by atoms with Crippen molar-refractivity contribution in [2.75, 3.05) is 25.0 Å². The third-order valence-electron chi connectivity index (χ3n) is 8.12. The van der Waals surface area contributed by atoms with Crippen LogP contribution in [-0.2, 0) is 6.54 Å². The van der Waals surface area contributed by atoms with Gasteiger partial charge in [0, 0.05) is 36.0 Å². The van der Waals surface area contributed by atoms with E-state index in [1.165, 1.54) is 12.1 Å². The van der Waals surface area contributed by atoms with Gasteiger partial charge in [-0.2, -0.15) is 5.26 Å². The van der Waals surface area contributed by atoms with Gasteiger partial charge in [-0.15, -0.1) is 0 Å². The van der Waals surface area contributed by atoms with Crippen LogP contribution in [0.5, 0.6) is 0 Å². The van der Waals surface area contributed by atoms with Crippen molar-refractivity contribution < 1.29 is 22.8 Å². The molecule has 3 aromatic rings. The van der Waals surface area contributed by atoms with E-state index in [0.717, 1.165) is 48.8 Å². The van der Waals surface area contributed by atoms with Gasteiger partial charge in [-0.1, -0.05) is 13.8 Å². The number of amides is 2. The van der Waals surface area contributed by atoms with Crippen molar-refractivity contribution in [3.63, 3.8) is 0 Å². The molecule has 2 aliphatic carbocycles. The van der Waals surface area contributed by atoms with E-state index in [1.807, 2.05) is 6.07 Å². The summed E-state index contributed by atoms with van der Waals surface area (Å²) in [5.41, 5.74) is 0.524. The molecule has 0 bridgehead atoms. The minimum absolute atomic E-state index is 0.0405. The van der Waals surface area contributed by atoms with Gasteiger partial charge in [-0.25, -0.2) is 18.2 Å². The quantitative estimate of drug-likeness (QED) is 0.322. The number of pyridine rings is 2. The Balaban J connectivity index is 1.36. The highest BCUT2D eigenvalue weighted by molar-refractivity contribution is 6.05. The number of aromatic nitrogens is 2. The van der Waals surface area contributed by atoms with Crippen LogP contribution < -0.4 is 16.2 Å². The number of hydrogen-bond acceptors (Lipinski definition) is 6. The molecule has 6 rings (SSSR count). The number of rotatable bonds is 10. The molecule has 234 valence electrons. The zero-order valence-corrected chi connectivity index (χ0v) is 25.0. The summed E-state index contributed by atoms with van der Waals surface area (Å²) in [5.74, 6) is -4.89. The molecule has 0 unspecified atom stereocenters. The smallest absolute Gasteiger partial charge is 0.282 e. The normalized spacial score (nSPS) is 17.1. The van der Waals surface area contributed by atoms with Crippen LogP contribution in [0.15, 0.2) is 41.3 Å². The van der Waals surface area contributed by atoms with Crippen LogP contribution in [0.4, 0.5) is 19.0 Å². The maximum atomic E-state index is 15.6. The standard InChI is InChI=1S/C33H33F3N6O3/c1-18(2)13-38-14-20-8-25(32(45)42(15-20)23-5-6-23)30(43)40-28-11-22(10-27(39-28)21-3-4-21)29-24(7-19(12-37)9-26(29)34)31(44)41-16-33(35,36)17-41/h7-11,15,18,21,23,38H,3-6,13-14,16-17H2,1-2H3,(H,39,40,43). The number of anilines is 1. The Hall–Kier alpha value is -4.50. The van der Waals surface area contributed by atoms with Crippen LogP contribution >= 0.6 is 0 Å². The Morgan fingerprint density at radius 1 is 1.09 bits per heavy atom. The van der Waals surface area contributed by atoms with Gasteiger partial charge >= 0.3 is 0 Å². The van der Waals surface area contributed by atoms with E-state index in [1.54, 1.807) is 22.9 Å². The maximum absolute atomic E-state index is 15.6. The van der Waals surface area contributed by atoms with Gasteiger partial charge in [0.15, 0.2) is 0 Å². The number of nitrogens with zero attached hydrogens (tertiary/aromatic N) is 4. The number of carbonyl (C=O) groups is 2. The first-order valence-electron chi connectivity index (χ1n) is 15.1. The average molecular weight is 619 g/mol.